The second-order valence-corrected chi connectivity index (χ2v) is 6.65. The summed E-state index contributed by atoms with van der Waals surface area (Å²) in [6, 6.07) is 8.16. The zero-order chi connectivity index (χ0) is 14.3. The first kappa shape index (κ1) is 13.6. The van der Waals surface area contributed by atoms with E-state index in [0.717, 1.165) is 24.1 Å². The van der Waals surface area contributed by atoms with Gasteiger partial charge in [-0.25, -0.2) is 4.39 Å². The van der Waals surface area contributed by atoms with Crippen LogP contribution in [0.2, 0.25) is 4.34 Å². The maximum Gasteiger partial charge on any atom is 0.268 e. The molecule has 2 nitrogen and oxygen atoms in total. The molecule has 0 spiro atoms. The van der Waals surface area contributed by atoms with Crippen LogP contribution < -0.4 is 4.90 Å². The Labute approximate surface area is 125 Å². The quantitative estimate of drug-likeness (QED) is 0.758. The Morgan fingerprint density at radius 1 is 1.40 bits per heavy atom. The summed E-state index contributed by atoms with van der Waals surface area (Å²) < 4.78 is 13.9. The Balaban J connectivity index is 2.02. The van der Waals surface area contributed by atoms with E-state index >= 15 is 0 Å². The highest BCUT2D eigenvalue weighted by atomic mass is 35.5. The maximum atomic E-state index is 13.3. The van der Waals surface area contributed by atoms with Crippen molar-refractivity contribution >= 4 is 34.5 Å². The fourth-order valence-electron chi connectivity index (χ4n) is 2.58. The zero-order valence-corrected chi connectivity index (χ0v) is 12.5. The number of carbonyl (C=O) groups is 1. The van der Waals surface area contributed by atoms with Crippen molar-refractivity contribution < 1.29 is 9.18 Å². The summed E-state index contributed by atoms with van der Waals surface area (Å²) in [7, 11) is 0. The lowest BCUT2D eigenvalue weighted by Gasteiger charge is -2.35. The van der Waals surface area contributed by atoms with E-state index in [-0.39, 0.29) is 17.8 Å². The van der Waals surface area contributed by atoms with Gasteiger partial charge in [-0.2, -0.15) is 0 Å². The number of halogens is 2. The maximum absolute atomic E-state index is 13.3. The summed E-state index contributed by atoms with van der Waals surface area (Å²) in [5.74, 6) is -0.327. The molecule has 2 aromatic rings. The first-order chi connectivity index (χ1) is 9.56. The van der Waals surface area contributed by atoms with E-state index in [1.165, 1.54) is 23.5 Å². The number of hydrogen-bond acceptors (Lipinski definition) is 2. The number of aryl methyl sites for hydroxylation is 1. The van der Waals surface area contributed by atoms with Gasteiger partial charge in [0.05, 0.1) is 9.21 Å². The fourth-order valence-corrected chi connectivity index (χ4v) is 3.56. The van der Waals surface area contributed by atoms with Crippen molar-refractivity contribution in [1.82, 2.24) is 0 Å². The molecular weight excluding hydrogens is 297 g/mol. The molecule has 0 N–H and O–H groups in total. The summed E-state index contributed by atoms with van der Waals surface area (Å²) in [4.78, 5) is 15.0. The molecule has 5 heteroatoms. The van der Waals surface area contributed by atoms with Crippen LogP contribution in [-0.2, 0) is 6.42 Å². The Hall–Kier alpha value is -1.39. The van der Waals surface area contributed by atoms with Gasteiger partial charge in [0.25, 0.3) is 5.91 Å². The average molecular weight is 310 g/mol. The first-order valence-electron chi connectivity index (χ1n) is 6.43. The summed E-state index contributed by atoms with van der Waals surface area (Å²) in [6.07, 6.45) is 1.63. The molecule has 0 radical (unpaired) electrons. The number of amides is 1. The molecule has 1 aromatic heterocycles. The van der Waals surface area contributed by atoms with E-state index in [4.69, 9.17) is 11.6 Å². The second-order valence-electron chi connectivity index (χ2n) is 4.94. The SMILES string of the molecule is C[C@H]1CCc2cc(F)ccc2N1C(=O)c1ccc(Cl)s1. The van der Waals surface area contributed by atoms with Gasteiger partial charge in [-0.05, 0) is 55.7 Å². The van der Waals surface area contributed by atoms with E-state index < -0.39 is 0 Å². The monoisotopic (exact) mass is 309 g/mol. The zero-order valence-electron chi connectivity index (χ0n) is 10.9. The van der Waals surface area contributed by atoms with Crippen LogP contribution >= 0.6 is 22.9 Å². The fraction of sp³-hybridized carbons (Fsp3) is 0.267. The van der Waals surface area contributed by atoms with Gasteiger partial charge in [0.2, 0.25) is 0 Å². The third-order valence-electron chi connectivity index (χ3n) is 3.58. The van der Waals surface area contributed by atoms with Crippen molar-refractivity contribution in [2.75, 3.05) is 4.90 Å². The molecule has 1 amide bonds. The minimum absolute atomic E-state index is 0.0676. The third-order valence-corrected chi connectivity index (χ3v) is 4.80. The van der Waals surface area contributed by atoms with Crippen LogP contribution in [0.3, 0.4) is 0 Å². The van der Waals surface area contributed by atoms with Crippen molar-refractivity contribution in [3.8, 4) is 0 Å². The normalized spacial score (nSPS) is 17.9. The molecular formula is C15H13ClFNOS. The highest BCUT2D eigenvalue weighted by molar-refractivity contribution is 7.18. The van der Waals surface area contributed by atoms with Gasteiger partial charge in [-0.15, -0.1) is 11.3 Å². The number of thiophene rings is 1. The molecule has 20 heavy (non-hydrogen) atoms. The van der Waals surface area contributed by atoms with E-state index in [9.17, 15) is 9.18 Å². The van der Waals surface area contributed by atoms with Gasteiger partial charge in [-0.1, -0.05) is 11.6 Å². The van der Waals surface area contributed by atoms with Crippen molar-refractivity contribution in [3.63, 3.8) is 0 Å². The molecule has 0 saturated carbocycles. The van der Waals surface area contributed by atoms with Crippen LogP contribution in [0.5, 0.6) is 0 Å². The summed E-state index contributed by atoms with van der Waals surface area (Å²) in [5, 5.41) is 0. The van der Waals surface area contributed by atoms with Crippen LogP contribution in [0.1, 0.15) is 28.6 Å². The highest BCUT2D eigenvalue weighted by Crippen LogP contribution is 2.34. The molecule has 3 rings (SSSR count). The largest absolute Gasteiger partial charge is 0.305 e. The van der Waals surface area contributed by atoms with Crippen LogP contribution in [0.4, 0.5) is 10.1 Å². The van der Waals surface area contributed by atoms with Gasteiger partial charge < -0.3 is 4.90 Å². The van der Waals surface area contributed by atoms with Crippen LogP contribution in [0, 0.1) is 5.82 Å². The molecule has 1 aliphatic rings. The van der Waals surface area contributed by atoms with Gasteiger partial charge in [-0.3, -0.25) is 4.79 Å². The Morgan fingerprint density at radius 2 is 2.20 bits per heavy atom. The molecule has 1 aliphatic heterocycles. The third kappa shape index (κ3) is 2.34. The lowest BCUT2D eigenvalue weighted by Crippen LogP contribution is -2.41. The summed E-state index contributed by atoms with van der Waals surface area (Å²) in [5.41, 5.74) is 1.69. The summed E-state index contributed by atoms with van der Waals surface area (Å²) in [6.45, 7) is 2.01. The number of fused-ring (bicyclic) bond motifs is 1. The minimum atomic E-state index is -0.259. The molecule has 1 atom stereocenters. The van der Waals surface area contributed by atoms with E-state index in [1.54, 1.807) is 23.1 Å². The molecule has 1 aromatic carbocycles. The predicted molar refractivity (Wildman–Crippen MR) is 80.3 cm³/mol. The Kier molecular flexibility index (Phi) is 3.52. The van der Waals surface area contributed by atoms with Crippen molar-refractivity contribution in [3.05, 3.63) is 50.9 Å². The van der Waals surface area contributed by atoms with E-state index in [0.29, 0.717) is 9.21 Å². The van der Waals surface area contributed by atoms with Crippen LogP contribution in [0.25, 0.3) is 0 Å². The number of carbonyl (C=O) groups excluding carboxylic acids is 1. The number of hydrogen-bond donors (Lipinski definition) is 0. The smallest absolute Gasteiger partial charge is 0.268 e. The van der Waals surface area contributed by atoms with Crippen LogP contribution in [0.15, 0.2) is 30.3 Å². The minimum Gasteiger partial charge on any atom is -0.305 e. The predicted octanol–water partition coefficient (Wildman–Crippen LogP) is 4.52. The second kappa shape index (κ2) is 5.19. The molecule has 0 saturated heterocycles. The Bertz CT molecular complexity index is 670. The molecule has 0 aliphatic carbocycles. The molecule has 0 unspecified atom stereocenters. The lowest BCUT2D eigenvalue weighted by atomic mass is 9.96. The van der Waals surface area contributed by atoms with E-state index in [2.05, 4.69) is 0 Å². The van der Waals surface area contributed by atoms with Gasteiger partial charge in [0.1, 0.15) is 5.82 Å². The van der Waals surface area contributed by atoms with E-state index in [1.807, 2.05) is 6.92 Å². The average Bonchev–Trinajstić information content (AvgIpc) is 2.85. The van der Waals surface area contributed by atoms with Gasteiger partial charge in [0.15, 0.2) is 0 Å². The number of nitrogens with zero attached hydrogens (tertiary/aromatic N) is 1. The number of anilines is 1. The molecule has 0 fully saturated rings. The molecule has 0 bridgehead atoms. The number of rotatable bonds is 1. The topological polar surface area (TPSA) is 20.3 Å². The summed E-state index contributed by atoms with van der Waals surface area (Å²) >= 11 is 7.17. The first-order valence-corrected chi connectivity index (χ1v) is 7.63. The number of benzene rings is 1. The van der Waals surface area contributed by atoms with Crippen molar-refractivity contribution in [2.45, 2.75) is 25.8 Å². The van der Waals surface area contributed by atoms with Crippen molar-refractivity contribution in [2.24, 2.45) is 0 Å². The lowest BCUT2D eigenvalue weighted by molar-refractivity contribution is 0.0979. The van der Waals surface area contributed by atoms with Gasteiger partial charge >= 0.3 is 0 Å². The molecule has 2 heterocycles. The van der Waals surface area contributed by atoms with Crippen LogP contribution in [-0.4, -0.2) is 11.9 Å². The molecule has 104 valence electrons. The highest BCUT2D eigenvalue weighted by Gasteiger charge is 2.29. The Morgan fingerprint density at radius 3 is 2.90 bits per heavy atom. The standard InChI is InChI=1S/C15H13ClFNOS/c1-9-2-3-10-8-11(17)4-5-12(10)18(9)15(19)13-6-7-14(16)20-13/h4-9H,2-3H2,1H3/t9-/m0/s1. The van der Waals surface area contributed by atoms with Crippen molar-refractivity contribution in [1.29, 1.82) is 0 Å². The van der Waals surface area contributed by atoms with Gasteiger partial charge in [0, 0.05) is 11.7 Å².